The number of nitrogens with zero attached hydrogens (tertiary/aromatic N) is 1. The third-order valence-corrected chi connectivity index (χ3v) is 4.01. The fraction of sp³-hybridized carbons (Fsp3) is 0.304. The first-order valence-corrected chi connectivity index (χ1v) is 10.1. The van der Waals surface area contributed by atoms with E-state index in [-0.39, 0.29) is 17.9 Å². The summed E-state index contributed by atoms with van der Waals surface area (Å²) in [6, 6.07) is 12.3. The van der Waals surface area contributed by atoms with Crippen LogP contribution < -0.4 is 14.8 Å². The monoisotopic (exact) mass is 431 g/mol. The van der Waals surface area contributed by atoms with E-state index in [1.807, 2.05) is 20.8 Å². The highest BCUT2D eigenvalue weighted by Crippen LogP contribution is 2.30. The van der Waals surface area contributed by atoms with Gasteiger partial charge in [-0.3, -0.25) is 9.89 Å². The largest absolute Gasteiger partial charge is 0.493 e. The lowest BCUT2D eigenvalue weighted by Crippen LogP contribution is -2.24. The molecule has 8 heteroatoms. The predicted octanol–water partition coefficient (Wildman–Crippen LogP) is 5.27. The van der Waals surface area contributed by atoms with Crippen LogP contribution in [0.1, 0.15) is 43.7 Å². The summed E-state index contributed by atoms with van der Waals surface area (Å²) in [5, 5.41) is 9.72. The number of ether oxygens (including phenoxy) is 2. The molecule has 3 rings (SSSR count). The smallest absolute Gasteiger partial charge is 0.255 e. The molecule has 0 saturated heterocycles. The first-order valence-electron chi connectivity index (χ1n) is 10.1. The fourth-order valence-corrected chi connectivity index (χ4v) is 2.78. The second-order valence-corrected chi connectivity index (χ2v) is 6.19. The van der Waals surface area contributed by atoms with Crippen LogP contribution in [0.2, 0.25) is 0 Å². The van der Waals surface area contributed by atoms with Crippen molar-refractivity contribution in [3.63, 3.8) is 0 Å². The predicted molar refractivity (Wildman–Crippen MR) is 115 cm³/mol. The highest BCUT2D eigenvalue weighted by Gasteiger charge is 2.15. The lowest BCUT2D eigenvalue weighted by molar-refractivity contribution is 0.0814. The third kappa shape index (κ3) is 6.53. The number of nitrogens with one attached hydrogen (secondary N) is 2. The summed E-state index contributed by atoms with van der Waals surface area (Å²) in [6.07, 6.45) is -1.54. The van der Waals surface area contributed by atoms with E-state index in [1.54, 1.807) is 30.3 Å². The molecular weight excluding hydrogens is 404 g/mol. The van der Waals surface area contributed by atoms with E-state index in [4.69, 9.17) is 9.47 Å². The molecule has 0 aliphatic rings. The van der Waals surface area contributed by atoms with Gasteiger partial charge in [-0.1, -0.05) is 26.0 Å². The van der Waals surface area contributed by atoms with Crippen molar-refractivity contribution >= 4 is 5.91 Å². The Labute approximate surface area is 180 Å². The number of halogens is 2. The number of aromatic amines is 1. The van der Waals surface area contributed by atoms with Crippen molar-refractivity contribution in [1.29, 1.82) is 0 Å². The lowest BCUT2D eigenvalue weighted by Gasteiger charge is -2.11. The highest BCUT2D eigenvalue weighted by molar-refractivity contribution is 5.96. The maximum Gasteiger partial charge on any atom is 0.255 e. The van der Waals surface area contributed by atoms with Gasteiger partial charge in [0, 0.05) is 12.5 Å². The summed E-state index contributed by atoms with van der Waals surface area (Å²) in [5.74, 6) is -0.146. The first-order chi connectivity index (χ1) is 15.0. The number of alkyl halides is 1. The van der Waals surface area contributed by atoms with E-state index in [1.165, 1.54) is 25.1 Å². The van der Waals surface area contributed by atoms with Crippen molar-refractivity contribution < 1.29 is 23.0 Å². The van der Waals surface area contributed by atoms with Gasteiger partial charge in [0.2, 0.25) is 6.36 Å². The molecule has 0 radical (unpaired) electrons. The average Bonchev–Trinajstić information content (AvgIpc) is 3.24. The van der Waals surface area contributed by atoms with Gasteiger partial charge >= 0.3 is 0 Å². The first kappa shape index (κ1) is 23.9. The van der Waals surface area contributed by atoms with Crippen LogP contribution in [0, 0.1) is 5.82 Å². The van der Waals surface area contributed by atoms with Gasteiger partial charge in [-0.2, -0.15) is 5.10 Å². The van der Waals surface area contributed by atoms with Crippen LogP contribution in [0.15, 0.2) is 48.5 Å². The van der Waals surface area contributed by atoms with Crippen LogP contribution in [-0.2, 0) is 6.54 Å². The second-order valence-electron chi connectivity index (χ2n) is 6.19. The van der Waals surface area contributed by atoms with Gasteiger partial charge < -0.3 is 14.8 Å². The Morgan fingerprint density at radius 2 is 1.90 bits per heavy atom. The molecule has 3 aromatic rings. The molecule has 2 aromatic carbocycles. The van der Waals surface area contributed by atoms with E-state index in [9.17, 15) is 13.6 Å². The quantitative estimate of drug-likeness (QED) is 0.510. The number of benzene rings is 2. The molecule has 1 heterocycles. The Hall–Kier alpha value is -3.42. The Balaban J connectivity index is 0.00000166. The number of hydrogen-bond acceptors (Lipinski definition) is 4. The molecule has 0 aliphatic heterocycles. The molecule has 31 heavy (non-hydrogen) atoms. The molecule has 1 amide bonds. The molecule has 0 saturated carbocycles. The molecular formula is C23H27F2N3O3. The summed E-state index contributed by atoms with van der Waals surface area (Å²) in [4.78, 5) is 12.5. The minimum Gasteiger partial charge on any atom is -0.493 e. The average molecular weight is 431 g/mol. The third-order valence-electron chi connectivity index (χ3n) is 4.01. The van der Waals surface area contributed by atoms with E-state index in [0.717, 1.165) is 0 Å². The molecule has 2 N–H and O–H groups in total. The van der Waals surface area contributed by atoms with E-state index >= 15 is 0 Å². The van der Waals surface area contributed by atoms with Crippen LogP contribution in [0.3, 0.4) is 0 Å². The number of hydrogen-bond donors (Lipinski definition) is 2. The molecule has 1 unspecified atom stereocenters. The molecule has 1 atom stereocenters. The summed E-state index contributed by atoms with van der Waals surface area (Å²) < 4.78 is 37.4. The van der Waals surface area contributed by atoms with E-state index < -0.39 is 18.1 Å². The highest BCUT2D eigenvalue weighted by atomic mass is 19.1. The number of para-hydroxylation sites is 1. The maximum atomic E-state index is 13.7. The Morgan fingerprint density at radius 3 is 2.61 bits per heavy atom. The second kappa shape index (κ2) is 11.7. The number of H-pyrrole nitrogens is 1. The lowest BCUT2D eigenvalue weighted by atomic mass is 10.1. The number of amides is 1. The molecule has 0 spiro atoms. The van der Waals surface area contributed by atoms with Gasteiger partial charge in [0.25, 0.3) is 5.91 Å². The van der Waals surface area contributed by atoms with Crippen molar-refractivity contribution in [3.05, 3.63) is 65.6 Å². The van der Waals surface area contributed by atoms with Gasteiger partial charge in [0.1, 0.15) is 17.3 Å². The molecule has 6 nitrogen and oxygen atoms in total. The summed E-state index contributed by atoms with van der Waals surface area (Å²) >= 11 is 0. The minimum absolute atomic E-state index is 0.143. The van der Waals surface area contributed by atoms with Crippen molar-refractivity contribution in [1.82, 2.24) is 15.5 Å². The Kier molecular flexibility index (Phi) is 8.99. The van der Waals surface area contributed by atoms with Crippen LogP contribution in [0.5, 0.6) is 11.5 Å². The molecule has 166 valence electrons. The molecule has 0 fully saturated rings. The van der Waals surface area contributed by atoms with Gasteiger partial charge in [-0.25, -0.2) is 8.78 Å². The number of carbonyl (C=O) groups is 1. The zero-order valence-electron chi connectivity index (χ0n) is 18.0. The SMILES string of the molecule is CC.CCOc1ccc(F)cc1-c1cc(CNC(=O)c2ccccc2OC(C)F)[nH]n1. The normalized spacial score (nSPS) is 11.2. The minimum atomic E-state index is -1.54. The number of aromatic nitrogens is 2. The van der Waals surface area contributed by atoms with Crippen molar-refractivity contribution in [3.8, 4) is 22.8 Å². The number of rotatable bonds is 8. The van der Waals surface area contributed by atoms with Gasteiger partial charge in [-0.15, -0.1) is 0 Å². The van der Waals surface area contributed by atoms with Crippen molar-refractivity contribution in [2.24, 2.45) is 0 Å². The number of carbonyl (C=O) groups excluding carboxylic acids is 1. The standard InChI is InChI=1S/C21H21F2N3O3.C2H6/c1-3-28-19-9-8-14(23)10-17(19)18-11-15(25-26-18)12-24-21(27)16-6-4-5-7-20(16)29-13(2)22;1-2/h4-11,13H,3,12H2,1-2H3,(H,24,27)(H,25,26);1-2H3. The topological polar surface area (TPSA) is 76.2 Å². The van der Waals surface area contributed by atoms with E-state index in [2.05, 4.69) is 15.5 Å². The van der Waals surface area contributed by atoms with Gasteiger partial charge in [0.05, 0.1) is 30.1 Å². The van der Waals surface area contributed by atoms with Gasteiger partial charge in [-0.05, 0) is 43.3 Å². The van der Waals surface area contributed by atoms with E-state index in [0.29, 0.717) is 29.3 Å². The molecule has 0 aliphatic carbocycles. The zero-order valence-corrected chi connectivity index (χ0v) is 18.0. The van der Waals surface area contributed by atoms with Crippen LogP contribution >= 0.6 is 0 Å². The van der Waals surface area contributed by atoms with Crippen molar-refractivity contribution in [2.45, 2.75) is 40.6 Å². The van der Waals surface area contributed by atoms with Crippen LogP contribution in [0.25, 0.3) is 11.3 Å². The van der Waals surface area contributed by atoms with Crippen LogP contribution in [-0.4, -0.2) is 29.1 Å². The molecule has 1 aromatic heterocycles. The zero-order chi connectivity index (χ0) is 22.8. The van der Waals surface area contributed by atoms with Crippen molar-refractivity contribution in [2.75, 3.05) is 6.61 Å². The maximum absolute atomic E-state index is 13.7. The summed E-state index contributed by atoms with van der Waals surface area (Å²) in [7, 11) is 0. The summed E-state index contributed by atoms with van der Waals surface area (Å²) in [6.45, 7) is 7.66. The molecule has 0 bridgehead atoms. The van der Waals surface area contributed by atoms with Gasteiger partial charge in [0.15, 0.2) is 0 Å². The Bertz CT molecular complexity index is 990. The summed E-state index contributed by atoms with van der Waals surface area (Å²) in [5.41, 5.74) is 1.83. The van der Waals surface area contributed by atoms with Crippen LogP contribution in [0.4, 0.5) is 8.78 Å². The fourth-order valence-electron chi connectivity index (χ4n) is 2.78. The Morgan fingerprint density at radius 1 is 1.16 bits per heavy atom.